The zero-order valence-electron chi connectivity index (χ0n) is 13.0. The van der Waals surface area contributed by atoms with Gasteiger partial charge in [-0.3, -0.25) is 0 Å². The van der Waals surface area contributed by atoms with E-state index in [1.165, 1.54) is 24.9 Å². The number of aliphatic hydroxyl groups excluding tert-OH is 1. The first kappa shape index (κ1) is 15.4. The van der Waals surface area contributed by atoms with Gasteiger partial charge in [0.25, 0.3) is 0 Å². The lowest BCUT2D eigenvalue weighted by Gasteiger charge is -2.36. The number of unbranched alkanes of at least 4 members (excludes halogenated alkanes) is 1. The minimum atomic E-state index is -0.112. The number of nitrogens with zero attached hydrogens (tertiary/aromatic N) is 1. The molecule has 0 aromatic heterocycles. The summed E-state index contributed by atoms with van der Waals surface area (Å²) in [4.78, 5) is 2.47. The summed E-state index contributed by atoms with van der Waals surface area (Å²) in [6.45, 7) is 6.64. The van der Waals surface area contributed by atoms with Crippen LogP contribution in [0.3, 0.4) is 0 Å². The van der Waals surface area contributed by atoms with E-state index in [1.54, 1.807) is 0 Å². The minimum absolute atomic E-state index is 0.112. The third-order valence-electron chi connectivity index (χ3n) is 4.56. The molecule has 2 heteroatoms. The number of benzene rings is 1. The summed E-state index contributed by atoms with van der Waals surface area (Å²) < 4.78 is 0. The highest BCUT2D eigenvalue weighted by atomic mass is 16.3. The number of rotatable bonds is 6. The monoisotopic (exact) mass is 275 g/mol. The van der Waals surface area contributed by atoms with Gasteiger partial charge in [-0.05, 0) is 43.7 Å². The van der Waals surface area contributed by atoms with Crippen molar-refractivity contribution in [2.75, 3.05) is 18.0 Å². The largest absolute Gasteiger partial charge is 0.393 e. The lowest BCUT2D eigenvalue weighted by atomic mass is 9.80. The molecule has 1 aliphatic carbocycles. The van der Waals surface area contributed by atoms with Crippen molar-refractivity contribution in [3.05, 3.63) is 30.3 Å². The van der Waals surface area contributed by atoms with Gasteiger partial charge in [-0.2, -0.15) is 0 Å². The van der Waals surface area contributed by atoms with Crippen molar-refractivity contribution in [3.63, 3.8) is 0 Å². The number of aliphatic hydroxyl groups is 1. The van der Waals surface area contributed by atoms with Crippen LogP contribution in [0.1, 0.15) is 46.0 Å². The summed E-state index contributed by atoms with van der Waals surface area (Å²) in [6, 6.07) is 10.7. The summed E-state index contributed by atoms with van der Waals surface area (Å²) in [5.74, 6) is 1.18. The van der Waals surface area contributed by atoms with Crippen molar-refractivity contribution in [3.8, 4) is 0 Å². The summed E-state index contributed by atoms with van der Waals surface area (Å²) in [5, 5.41) is 10.3. The maximum atomic E-state index is 10.3. The molecule has 0 spiro atoms. The maximum absolute atomic E-state index is 10.3. The average Bonchev–Trinajstić information content (AvgIpc) is 2.48. The van der Waals surface area contributed by atoms with Crippen molar-refractivity contribution in [2.24, 2.45) is 11.8 Å². The molecular formula is C18H29NO. The first-order chi connectivity index (χ1) is 9.70. The van der Waals surface area contributed by atoms with Crippen LogP contribution in [0.25, 0.3) is 0 Å². The quantitative estimate of drug-likeness (QED) is 0.845. The molecule has 1 N–H and O–H groups in total. The molecule has 0 aliphatic heterocycles. The van der Waals surface area contributed by atoms with E-state index in [9.17, 15) is 5.11 Å². The van der Waals surface area contributed by atoms with Gasteiger partial charge < -0.3 is 10.0 Å². The SMILES string of the molecule is CCCCN(CC1CC(C)CCC1O)c1ccccc1. The predicted molar refractivity (Wildman–Crippen MR) is 86.1 cm³/mol. The van der Waals surface area contributed by atoms with Crippen molar-refractivity contribution in [1.29, 1.82) is 0 Å². The minimum Gasteiger partial charge on any atom is -0.393 e. The topological polar surface area (TPSA) is 23.5 Å². The molecule has 0 heterocycles. The van der Waals surface area contributed by atoms with Crippen molar-refractivity contribution >= 4 is 5.69 Å². The first-order valence-electron chi connectivity index (χ1n) is 8.18. The van der Waals surface area contributed by atoms with Crippen LogP contribution in [-0.4, -0.2) is 24.3 Å². The average molecular weight is 275 g/mol. The second-order valence-electron chi connectivity index (χ2n) is 6.38. The van der Waals surface area contributed by atoms with Gasteiger partial charge >= 0.3 is 0 Å². The Balaban J connectivity index is 2.03. The Morgan fingerprint density at radius 3 is 2.65 bits per heavy atom. The van der Waals surface area contributed by atoms with Crippen LogP contribution in [0, 0.1) is 11.8 Å². The van der Waals surface area contributed by atoms with Crippen LogP contribution in [0.15, 0.2) is 30.3 Å². The molecule has 112 valence electrons. The van der Waals surface area contributed by atoms with Gasteiger partial charge in [-0.1, -0.05) is 38.5 Å². The molecule has 1 fully saturated rings. The lowest BCUT2D eigenvalue weighted by Crippen LogP contribution is -2.39. The van der Waals surface area contributed by atoms with Crippen LogP contribution in [-0.2, 0) is 0 Å². The van der Waals surface area contributed by atoms with E-state index in [2.05, 4.69) is 49.1 Å². The first-order valence-corrected chi connectivity index (χ1v) is 8.18. The van der Waals surface area contributed by atoms with Gasteiger partial charge in [0, 0.05) is 24.7 Å². The fourth-order valence-electron chi connectivity index (χ4n) is 3.28. The van der Waals surface area contributed by atoms with Crippen LogP contribution in [0.2, 0.25) is 0 Å². The van der Waals surface area contributed by atoms with E-state index in [4.69, 9.17) is 0 Å². The second-order valence-corrected chi connectivity index (χ2v) is 6.38. The van der Waals surface area contributed by atoms with Gasteiger partial charge in [-0.15, -0.1) is 0 Å². The Morgan fingerprint density at radius 2 is 1.95 bits per heavy atom. The standard InChI is InChI=1S/C18H29NO/c1-3-4-12-19(17-8-6-5-7-9-17)14-16-13-15(2)10-11-18(16)20/h5-9,15-16,18,20H,3-4,10-14H2,1-2H3. The number of anilines is 1. The lowest BCUT2D eigenvalue weighted by molar-refractivity contribution is 0.0550. The molecule has 3 unspecified atom stereocenters. The molecule has 1 aliphatic rings. The molecule has 1 saturated carbocycles. The molecule has 0 saturated heterocycles. The second kappa shape index (κ2) is 7.68. The summed E-state index contributed by atoms with van der Waals surface area (Å²) in [5.41, 5.74) is 1.30. The van der Waals surface area contributed by atoms with Gasteiger partial charge in [0.1, 0.15) is 0 Å². The van der Waals surface area contributed by atoms with E-state index in [0.29, 0.717) is 5.92 Å². The van der Waals surface area contributed by atoms with Crippen molar-refractivity contribution in [1.82, 2.24) is 0 Å². The van der Waals surface area contributed by atoms with Crippen LogP contribution < -0.4 is 4.90 Å². The zero-order chi connectivity index (χ0) is 14.4. The Morgan fingerprint density at radius 1 is 1.20 bits per heavy atom. The Bertz CT molecular complexity index is 378. The summed E-state index contributed by atoms with van der Waals surface area (Å²) in [7, 11) is 0. The molecule has 0 radical (unpaired) electrons. The van der Waals surface area contributed by atoms with E-state index < -0.39 is 0 Å². The molecule has 1 aromatic carbocycles. The van der Waals surface area contributed by atoms with Gasteiger partial charge in [-0.25, -0.2) is 0 Å². The number of hydrogen-bond acceptors (Lipinski definition) is 2. The molecule has 0 amide bonds. The van der Waals surface area contributed by atoms with Crippen molar-refractivity contribution in [2.45, 2.75) is 52.1 Å². The number of hydrogen-bond donors (Lipinski definition) is 1. The fourth-order valence-corrected chi connectivity index (χ4v) is 3.28. The highest BCUT2D eigenvalue weighted by Crippen LogP contribution is 2.30. The third kappa shape index (κ3) is 4.24. The Labute approximate surface area is 123 Å². The zero-order valence-corrected chi connectivity index (χ0v) is 13.0. The number of para-hydroxylation sites is 1. The molecule has 0 bridgehead atoms. The van der Waals surface area contributed by atoms with Crippen molar-refractivity contribution < 1.29 is 5.11 Å². The van der Waals surface area contributed by atoms with E-state index in [-0.39, 0.29) is 6.10 Å². The molecule has 3 atom stereocenters. The molecule has 2 nitrogen and oxygen atoms in total. The van der Waals surface area contributed by atoms with Crippen LogP contribution in [0.4, 0.5) is 5.69 Å². The maximum Gasteiger partial charge on any atom is 0.0585 e. The Hall–Kier alpha value is -1.02. The normalized spacial score (nSPS) is 26.4. The Kier molecular flexibility index (Phi) is 5.90. The van der Waals surface area contributed by atoms with E-state index >= 15 is 0 Å². The van der Waals surface area contributed by atoms with Crippen LogP contribution in [0.5, 0.6) is 0 Å². The predicted octanol–water partition coefficient (Wildman–Crippen LogP) is 4.09. The summed E-state index contributed by atoms with van der Waals surface area (Å²) in [6.07, 6.45) is 5.64. The van der Waals surface area contributed by atoms with E-state index in [1.807, 2.05) is 0 Å². The molecular weight excluding hydrogens is 246 g/mol. The third-order valence-corrected chi connectivity index (χ3v) is 4.56. The molecule has 1 aromatic rings. The molecule has 2 rings (SSSR count). The van der Waals surface area contributed by atoms with Crippen LogP contribution >= 0.6 is 0 Å². The van der Waals surface area contributed by atoms with Gasteiger partial charge in [0.05, 0.1) is 6.10 Å². The van der Waals surface area contributed by atoms with E-state index in [0.717, 1.165) is 31.8 Å². The highest BCUT2D eigenvalue weighted by Gasteiger charge is 2.28. The molecule has 20 heavy (non-hydrogen) atoms. The summed E-state index contributed by atoms with van der Waals surface area (Å²) >= 11 is 0. The smallest absolute Gasteiger partial charge is 0.0585 e. The highest BCUT2D eigenvalue weighted by molar-refractivity contribution is 5.46. The van der Waals surface area contributed by atoms with Gasteiger partial charge in [0.15, 0.2) is 0 Å². The van der Waals surface area contributed by atoms with Gasteiger partial charge in [0.2, 0.25) is 0 Å². The fraction of sp³-hybridized carbons (Fsp3) is 0.667.